The molecule has 1 aliphatic heterocycles. The Morgan fingerprint density at radius 1 is 0.795 bits per heavy atom. The molecule has 1 heterocycles. The Balaban J connectivity index is 0.00000267. The quantitative estimate of drug-likeness (QED) is 0.241. The fourth-order valence-corrected chi connectivity index (χ4v) is 5.66. The molecule has 214 valence electrons. The van der Waals surface area contributed by atoms with Crippen molar-refractivity contribution in [2.75, 3.05) is 52.1 Å². The minimum atomic E-state index is -0.370. The van der Waals surface area contributed by atoms with E-state index < -0.39 is 0 Å². The van der Waals surface area contributed by atoms with Gasteiger partial charge in [0, 0.05) is 49.3 Å². The number of ether oxygens (including phenoxy) is 1. The zero-order valence-corrected chi connectivity index (χ0v) is 24.6. The van der Waals surface area contributed by atoms with Crippen LogP contribution in [0.1, 0.15) is 29.9 Å². The van der Waals surface area contributed by atoms with Crippen LogP contribution in [0.2, 0.25) is 0 Å². The van der Waals surface area contributed by atoms with E-state index in [4.69, 9.17) is 4.74 Å². The van der Waals surface area contributed by atoms with Crippen LogP contribution in [-0.2, 0) is 0 Å². The summed E-state index contributed by atoms with van der Waals surface area (Å²) in [5.41, 5.74) is 2.11. The van der Waals surface area contributed by atoms with Gasteiger partial charge in [0.1, 0.15) is 17.4 Å². The van der Waals surface area contributed by atoms with Crippen LogP contribution in [0, 0.1) is 11.6 Å². The summed E-state index contributed by atoms with van der Waals surface area (Å²) in [5.74, 6) is 1.12. The number of piperazine rings is 1. The largest absolute Gasteiger partial charge is 0.497 e. The van der Waals surface area contributed by atoms with Gasteiger partial charge < -0.3 is 14.7 Å². The van der Waals surface area contributed by atoms with Crippen LogP contribution in [0.15, 0.2) is 77.7 Å². The first-order valence-electron chi connectivity index (χ1n) is 12.9. The zero-order valence-electron chi connectivity index (χ0n) is 22.2. The number of aliphatic hydroxyl groups is 1. The molecule has 0 amide bonds. The van der Waals surface area contributed by atoms with E-state index in [9.17, 15) is 13.9 Å². The number of methoxy groups -OCH3 is 1. The molecular formula is C30H38Cl2F2N2O2S. The van der Waals surface area contributed by atoms with Gasteiger partial charge in [-0.15, -0.1) is 36.6 Å². The second-order valence-corrected chi connectivity index (χ2v) is 10.7. The van der Waals surface area contributed by atoms with Crippen molar-refractivity contribution < 1.29 is 18.6 Å². The van der Waals surface area contributed by atoms with Crippen LogP contribution in [-0.4, -0.2) is 73.1 Å². The Hall–Kier alpha value is -1.87. The van der Waals surface area contributed by atoms with Crippen molar-refractivity contribution in [1.29, 1.82) is 0 Å². The van der Waals surface area contributed by atoms with Crippen molar-refractivity contribution in [3.63, 3.8) is 0 Å². The molecule has 9 heteroatoms. The van der Waals surface area contributed by atoms with Crippen LogP contribution in [0.3, 0.4) is 0 Å². The Morgan fingerprint density at radius 2 is 1.31 bits per heavy atom. The van der Waals surface area contributed by atoms with Crippen LogP contribution < -0.4 is 4.74 Å². The molecule has 1 atom stereocenters. The highest BCUT2D eigenvalue weighted by molar-refractivity contribution is 7.99. The molecule has 39 heavy (non-hydrogen) atoms. The molecule has 0 spiro atoms. The van der Waals surface area contributed by atoms with Crippen LogP contribution in [0.5, 0.6) is 5.75 Å². The van der Waals surface area contributed by atoms with E-state index in [0.29, 0.717) is 12.3 Å². The summed E-state index contributed by atoms with van der Waals surface area (Å²) >= 11 is 1.66. The van der Waals surface area contributed by atoms with Crippen molar-refractivity contribution in [1.82, 2.24) is 9.80 Å². The smallest absolute Gasteiger partial charge is 0.123 e. The fourth-order valence-electron chi connectivity index (χ4n) is 4.85. The highest BCUT2D eigenvalue weighted by Gasteiger charge is 2.20. The van der Waals surface area contributed by atoms with E-state index in [1.54, 1.807) is 18.9 Å². The molecule has 0 aliphatic carbocycles. The summed E-state index contributed by atoms with van der Waals surface area (Å²) < 4.78 is 32.1. The SMILES string of the molecule is COc1ccc(SCC(O)CN2CCN(CCCC(c3ccc(F)cc3)c3ccc(F)cc3)CC2)cc1.Cl.Cl. The lowest BCUT2D eigenvalue weighted by Crippen LogP contribution is -2.49. The van der Waals surface area contributed by atoms with Gasteiger partial charge in [0.25, 0.3) is 0 Å². The molecule has 1 fully saturated rings. The van der Waals surface area contributed by atoms with Gasteiger partial charge in [0.05, 0.1) is 13.2 Å². The highest BCUT2D eigenvalue weighted by atomic mass is 35.5. The van der Waals surface area contributed by atoms with Gasteiger partial charge in [-0.1, -0.05) is 24.3 Å². The van der Waals surface area contributed by atoms with Crippen LogP contribution >= 0.6 is 36.6 Å². The second-order valence-electron chi connectivity index (χ2n) is 9.58. The minimum absolute atomic E-state index is 0. The lowest BCUT2D eigenvalue weighted by atomic mass is 9.87. The molecule has 4 rings (SSSR count). The third-order valence-corrected chi connectivity index (χ3v) is 8.10. The number of hydrogen-bond donors (Lipinski definition) is 1. The predicted octanol–water partition coefficient (Wildman–Crippen LogP) is 6.50. The van der Waals surface area contributed by atoms with Gasteiger partial charge in [-0.25, -0.2) is 8.78 Å². The van der Waals surface area contributed by atoms with Gasteiger partial charge in [0.15, 0.2) is 0 Å². The first-order chi connectivity index (χ1) is 18.0. The summed E-state index contributed by atoms with van der Waals surface area (Å²) in [6, 6.07) is 21.2. The number of hydrogen-bond acceptors (Lipinski definition) is 5. The highest BCUT2D eigenvalue weighted by Crippen LogP contribution is 2.30. The number of thioether (sulfide) groups is 1. The van der Waals surface area contributed by atoms with E-state index in [2.05, 4.69) is 9.80 Å². The Morgan fingerprint density at radius 3 is 1.82 bits per heavy atom. The standard InChI is InChI=1S/C30H36F2N2O2S.2ClH/c1-36-28-12-14-29(15-13-28)37-22-27(35)21-34-19-17-33(18-20-34)16-2-3-30(23-4-8-25(31)9-5-23)24-6-10-26(32)11-7-24;;/h4-15,27,30,35H,2-3,16-22H2,1H3;2*1H. The molecular weight excluding hydrogens is 561 g/mol. The average molecular weight is 600 g/mol. The average Bonchev–Trinajstić information content (AvgIpc) is 2.92. The van der Waals surface area contributed by atoms with Crippen LogP contribution in [0.25, 0.3) is 0 Å². The first-order valence-corrected chi connectivity index (χ1v) is 13.9. The molecule has 4 nitrogen and oxygen atoms in total. The van der Waals surface area contributed by atoms with Crippen LogP contribution in [0.4, 0.5) is 8.78 Å². The maximum Gasteiger partial charge on any atom is 0.123 e. The third kappa shape index (κ3) is 10.6. The van der Waals surface area contributed by atoms with Gasteiger partial charge in [0.2, 0.25) is 0 Å². The fraction of sp³-hybridized carbons (Fsp3) is 0.400. The summed E-state index contributed by atoms with van der Waals surface area (Å²) in [7, 11) is 1.66. The molecule has 1 unspecified atom stereocenters. The lowest BCUT2D eigenvalue weighted by Gasteiger charge is -2.35. The van der Waals surface area contributed by atoms with Gasteiger partial charge in [-0.3, -0.25) is 4.90 Å². The molecule has 3 aromatic rings. The summed E-state index contributed by atoms with van der Waals surface area (Å²) in [5, 5.41) is 10.5. The monoisotopic (exact) mass is 598 g/mol. The number of halogens is 4. The minimum Gasteiger partial charge on any atom is -0.497 e. The maximum atomic E-state index is 13.5. The van der Waals surface area contributed by atoms with Crippen molar-refractivity contribution in [2.45, 2.75) is 29.8 Å². The molecule has 0 bridgehead atoms. The molecule has 0 aromatic heterocycles. The molecule has 0 radical (unpaired) electrons. The molecule has 3 aromatic carbocycles. The summed E-state index contributed by atoms with van der Waals surface area (Å²) in [4.78, 5) is 5.95. The van der Waals surface area contributed by atoms with E-state index >= 15 is 0 Å². The van der Waals surface area contributed by atoms with E-state index in [-0.39, 0.29) is 48.5 Å². The maximum absolute atomic E-state index is 13.5. The normalized spacial score (nSPS) is 14.9. The zero-order chi connectivity index (χ0) is 26.0. The molecule has 0 saturated carbocycles. The Bertz CT molecular complexity index is 1040. The van der Waals surface area contributed by atoms with Gasteiger partial charge >= 0.3 is 0 Å². The predicted molar refractivity (Wildman–Crippen MR) is 161 cm³/mol. The topological polar surface area (TPSA) is 35.9 Å². The number of aliphatic hydroxyl groups excluding tert-OH is 1. The van der Waals surface area contributed by atoms with Crippen molar-refractivity contribution in [3.8, 4) is 5.75 Å². The third-order valence-electron chi connectivity index (χ3n) is 6.95. The van der Waals surface area contributed by atoms with Gasteiger partial charge in [-0.2, -0.15) is 0 Å². The Labute approximate surface area is 247 Å². The summed E-state index contributed by atoms with van der Waals surface area (Å²) in [6.45, 7) is 5.54. The van der Waals surface area contributed by atoms with E-state index in [1.807, 2.05) is 48.5 Å². The first kappa shape index (κ1) is 33.3. The van der Waals surface area contributed by atoms with E-state index in [0.717, 1.165) is 67.3 Å². The van der Waals surface area contributed by atoms with Crippen molar-refractivity contribution in [2.24, 2.45) is 0 Å². The van der Waals surface area contributed by atoms with Crippen molar-refractivity contribution in [3.05, 3.63) is 95.6 Å². The molecule has 1 saturated heterocycles. The Kier molecular flexibility index (Phi) is 14.6. The number of β-amino-alcohol motifs (C(OH)–C–C–N with tert-alkyl or cyclic N) is 1. The second kappa shape index (κ2) is 17.1. The molecule has 1 aliphatic rings. The van der Waals surface area contributed by atoms with Crippen molar-refractivity contribution >= 4 is 36.6 Å². The van der Waals surface area contributed by atoms with E-state index in [1.165, 1.54) is 24.3 Å². The molecule has 1 N–H and O–H groups in total. The number of nitrogens with zero attached hydrogens (tertiary/aromatic N) is 2. The number of rotatable bonds is 12. The van der Waals surface area contributed by atoms with Gasteiger partial charge in [-0.05, 0) is 79.0 Å². The number of benzene rings is 3. The summed E-state index contributed by atoms with van der Waals surface area (Å²) in [6.07, 6.45) is 1.55. The lowest BCUT2D eigenvalue weighted by molar-refractivity contribution is 0.0819.